The summed E-state index contributed by atoms with van der Waals surface area (Å²) < 4.78 is 6.41. The van der Waals surface area contributed by atoms with Crippen LogP contribution in [0.5, 0.6) is 11.5 Å². The van der Waals surface area contributed by atoms with Crippen LogP contribution in [0.15, 0.2) is 66.7 Å². The first-order chi connectivity index (χ1) is 13.0. The number of ether oxygens (including phenoxy) is 1. The van der Waals surface area contributed by atoms with Gasteiger partial charge in [0, 0.05) is 15.7 Å². The third-order valence-corrected chi connectivity index (χ3v) is 4.85. The number of halogens is 2. The molecule has 1 amide bonds. The average molecular weight is 495 g/mol. The monoisotopic (exact) mass is 494 g/mol. The number of nitrogens with zero attached hydrogens (tertiary/aromatic N) is 1. The van der Waals surface area contributed by atoms with Crippen LogP contribution in [0.2, 0.25) is 5.02 Å². The van der Waals surface area contributed by atoms with E-state index in [2.05, 4.69) is 5.32 Å². The molecule has 0 bridgehead atoms. The summed E-state index contributed by atoms with van der Waals surface area (Å²) in [7, 11) is 0. The van der Waals surface area contributed by atoms with E-state index in [9.17, 15) is 14.9 Å². The van der Waals surface area contributed by atoms with Gasteiger partial charge in [-0.25, -0.2) is 0 Å². The fourth-order valence-electron chi connectivity index (χ4n) is 2.30. The number of hydrogen-bond acceptors (Lipinski definition) is 4. The number of non-ortho nitro benzene ring substituents is 1. The second kappa shape index (κ2) is 8.36. The van der Waals surface area contributed by atoms with Gasteiger partial charge in [0.05, 0.1) is 21.2 Å². The summed E-state index contributed by atoms with van der Waals surface area (Å²) in [5, 5.41) is 14.1. The third-order valence-electron chi connectivity index (χ3n) is 3.60. The van der Waals surface area contributed by atoms with Crippen LogP contribution in [0, 0.1) is 13.7 Å². The predicted molar refractivity (Wildman–Crippen MR) is 112 cm³/mol. The molecule has 0 unspecified atom stereocenters. The quantitative estimate of drug-likeness (QED) is 0.272. The number of carbonyl (C=O) groups excluding carboxylic acids is 1. The first-order valence-corrected chi connectivity index (χ1v) is 9.18. The number of rotatable bonds is 5. The first-order valence-electron chi connectivity index (χ1n) is 7.72. The van der Waals surface area contributed by atoms with Gasteiger partial charge in [-0.3, -0.25) is 14.9 Å². The summed E-state index contributed by atoms with van der Waals surface area (Å²) in [6.45, 7) is 0. The zero-order valence-corrected chi connectivity index (χ0v) is 16.6. The van der Waals surface area contributed by atoms with Crippen molar-refractivity contribution in [3.05, 3.63) is 91.0 Å². The first kappa shape index (κ1) is 19.1. The lowest BCUT2D eigenvalue weighted by molar-refractivity contribution is -0.384. The normalized spacial score (nSPS) is 10.3. The number of anilines is 1. The van der Waals surface area contributed by atoms with Gasteiger partial charge in [-0.15, -0.1) is 0 Å². The molecule has 0 heterocycles. The maximum Gasteiger partial charge on any atom is 0.270 e. The molecule has 0 radical (unpaired) electrons. The van der Waals surface area contributed by atoms with E-state index in [1.165, 1.54) is 18.2 Å². The zero-order valence-electron chi connectivity index (χ0n) is 13.7. The number of nitro benzene ring substituents is 1. The fraction of sp³-hybridized carbons (Fsp3) is 0. The van der Waals surface area contributed by atoms with Gasteiger partial charge >= 0.3 is 0 Å². The Kier molecular flexibility index (Phi) is 5.92. The highest BCUT2D eigenvalue weighted by atomic mass is 127. The Hall–Kier alpha value is -2.65. The molecule has 0 saturated heterocycles. The molecule has 0 aliphatic heterocycles. The molecule has 1 N–H and O–H groups in total. The number of hydrogen-bond donors (Lipinski definition) is 1. The van der Waals surface area contributed by atoms with Crippen molar-refractivity contribution in [3.63, 3.8) is 0 Å². The molecular weight excluding hydrogens is 483 g/mol. The van der Waals surface area contributed by atoms with Crippen molar-refractivity contribution < 1.29 is 14.5 Å². The largest absolute Gasteiger partial charge is 0.454 e. The van der Waals surface area contributed by atoms with Crippen LogP contribution in [0.4, 0.5) is 11.4 Å². The molecule has 3 aromatic carbocycles. The lowest BCUT2D eigenvalue weighted by Crippen LogP contribution is -2.14. The van der Waals surface area contributed by atoms with Crippen LogP contribution in [-0.4, -0.2) is 10.8 Å². The number of amides is 1. The van der Waals surface area contributed by atoms with Crippen molar-refractivity contribution in [2.45, 2.75) is 0 Å². The molecule has 3 aromatic rings. The molecule has 8 heteroatoms. The molecule has 0 aliphatic rings. The Labute approximate surface area is 173 Å². The molecule has 0 saturated carbocycles. The SMILES string of the molecule is O=C(Nc1ccccc1Oc1ccccc1Cl)c1cc([N+](=O)[O-])ccc1I. The molecule has 6 nitrogen and oxygen atoms in total. The van der Waals surface area contributed by atoms with Gasteiger partial charge in [0.25, 0.3) is 11.6 Å². The van der Waals surface area contributed by atoms with Gasteiger partial charge in [-0.2, -0.15) is 0 Å². The van der Waals surface area contributed by atoms with Crippen LogP contribution >= 0.6 is 34.2 Å². The lowest BCUT2D eigenvalue weighted by atomic mass is 10.2. The topological polar surface area (TPSA) is 81.5 Å². The van der Waals surface area contributed by atoms with Gasteiger partial charge in [0.1, 0.15) is 5.75 Å². The van der Waals surface area contributed by atoms with Gasteiger partial charge in [-0.05, 0) is 52.9 Å². The number of nitro groups is 1. The van der Waals surface area contributed by atoms with Crippen LogP contribution < -0.4 is 10.1 Å². The Morgan fingerprint density at radius 3 is 2.41 bits per heavy atom. The minimum atomic E-state index is -0.540. The second-order valence-corrected chi connectivity index (χ2v) is 6.97. The van der Waals surface area contributed by atoms with E-state index in [0.29, 0.717) is 25.8 Å². The molecule has 3 rings (SSSR count). The van der Waals surface area contributed by atoms with Crippen molar-refractivity contribution in [2.24, 2.45) is 0 Å². The average Bonchev–Trinajstić information content (AvgIpc) is 2.65. The van der Waals surface area contributed by atoms with Gasteiger partial charge in [0.2, 0.25) is 0 Å². The summed E-state index contributed by atoms with van der Waals surface area (Å²) in [5.74, 6) is 0.378. The van der Waals surface area contributed by atoms with Gasteiger partial charge in [0.15, 0.2) is 5.75 Å². The number of nitrogens with one attached hydrogen (secondary N) is 1. The molecule has 0 spiro atoms. The number of para-hydroxylation sites is 3. The molecule has 27 heavy (non-hydrogen) atoms. The van der Waals surface area contributed by atoms with Crippen molar-refractivity contribution in [2.75, 3.05) is 5.32 Å². The molecule has 0 fully saturated rings. The summed E-state index contributed by atoms with van der Waals surface area (Å²) in [6.07, 6.45) is 0. The summed E-state index contributed by atoms with van der Waals surface area (Å²) in [4.78, 5) is 23.1. The van der Waals surface area contributed by atoms with Crippen LogP contribution in [0.1, 0.15) is 10.4 Å². The Morgan fingerprint density at radius 2 is 1.70 bits per heavy atom. The van der Waals surface area contributed by atoms with Gasteiger partial charge in [-0.1, -0.05) is 35.9 Å². The predicted octanol–water partition coefficient (Wildman–Crippen LogP) is 5.90. The minimum absolute atomic E-state index is 0.152. The van der Waals surface area contributed by atoms with E-state index in [1.54, 1.807) is 48.5 Å². The minimum Gasteiger partial charge on any atom is -0.454 e. The van der Waals surface area contributed by atoms with E-state index in [1.807, 2.05) is 22.6 Å². The van der Waals surface area contributed by atoms with Crippen LogP contribution in [0.25, 0.3) is 0 Å². The lowest BCUT2D eigenvalue weighted by Gasteiger charge is -2.13. The molecule has 0 aromatic heterocycles. The molecule has 136 valence electrons. The summed E-state index contributed by atoms with van der Waals surface area (Å²) >= 11 is 8.08. The maximum absolute atomic E-state index is 12.7. The van der Waals surface area contributed by atoms with Crippen molar-refractivity contribution in [3.8, 4) is 11.5 Å². The molecular formula is C19H12ClIN2O4. The van der Waals surface area contributed by atoms with E-state index >= 15 is 0 Å². The highest BCUT2D eigenvalue weighted by Crippen LogP contribution is 2.33. The highest BCUT2D eigenvalue weighted by molar-refractivity contribution is 14.1. The van der Waals surface area contributed by atoms with Crippen molar-refractivity contribution in [1.82, 2.24) is 0 Å². The maximum atomic E-state index is 12.7. The Bertz CT molecular complexity index is 1030. The van der Waals surface area contributed by atoms with Gasteiger partial charge < -0.3 is 10.1 Å². The molecule has 0 atom stereocenters. The second-order valence-electron chi connectivity index (χ2n) is 5.40. The smallest absolute Gasteiger partial charge is 0.270 e. The standard InChI is InChI=1S/C19H12ClIN2O4/c20-14-5-1-3-7-17(14)27-18-8-4-2-6-16(18)22-19(24)13-11-12(23(25)26)9-10-15(13)21/h1-11H,(H,22,24). The number of carbonyl (C=O) groups is 1. The fourth-order valence-corrected chi connectivity index (χ4v) is 3.05. The van der Waals surface area contributed by atoms with Crippen molar-refractivity contribution >= 4 is 51.5 Å². The van der Waals surface area contributed by atoms with Crippen LogP contribution in [-0.2, 0) is 0 Å². The van der Waals surface area contributed by atoms with E-state index < -0.39 is 10.8 Å². The van der Waals surface area contributed by atoms with E-state index in [4.69, 9.17) is 16.3 Å². The third kappa shape index (κ3) is 4.55. The zero-order chi connectivity index (χ0) is 19.4. The molecule has 0 aliphatic carbocycles. The summed E-state index contributed by atoms with van der Waals surface area (Å²) in [6, 6.07) is 18.0. The Morgan fingerprint density at radius 1 is 1.04 bits per heavy atom. The van der Waals surface area contributed by atoms with E-state index in [0.717, 1.165) is 0 Å². The van der Waals surface area contributed by atoms with Crippen LogP contribution in [0.3, 0.4) is 0 Å². The highest BCUT2D eigenvalue weighted by Gasteiger charge is 2.17. The Balaban J connectivity index is 1.88. The van der Waals surface area contributed by atoms with Crippen molar-refractivity contribution in [1.29, 1.82) is 0 Å². The summed E-state index contributed by atoms with van der Waals surface area (Å²) in [5.41, 5.74) is 0.475. The number of benzene rings is 3. The van der Waals surface area contributed by atoms with E-state index in [-0.39, 0.29) is 11.3 Å².